The quantitative estimate of drug-likeness (QED) is 0.362. The number of Topliss-reactive ketones (excluding diaryl/α,β-unsaturated/α-hetero) is 1. The second-order valence-electron chi connectivity index (χ2n) is 6.31. The van der Waals surface area contributed by atoms with Crippen molar-refractivity contribution < 1.29 is 14.7 Å². The Bertz CT molecular complexity index is 1090. The van der Waals surface area contributed by atoms with Crippen LogP contribution in [0, 0.1) is 6.92 Å². The molecule has 4 rings (SSSR count). The fourth-order valence-corrected chi connectivity index (χ4v) is 4.16. The van der Waals surface area contributed by atoms with Gasteiger partial charge in [-0.1, -0.05) is 69.2 Å². The Morgan fingerprint density at radius 1 is 1.18 bits per heavy atom. The molecule has 1 N–H and O–H groups in total. The van der Waals surface area contributed by atoms with E-state index < -0.39 is 17.7 Å². The van der Waals surface area contributed by atoms with Crippen molar-refractivity contribution in [2.45, 2.75) is 13.0 Å². The van der Waals surface area contributed by atoms with Crippen molar-refractivity contribution in [2.75, 3.05) is 4.90 Å². The first kappa shape index (κ1) is 18.5. The number of aryl methyl sites for hydroxylation is 1. The molecule has 0 bridgehead atoms. The van der Waals surface area contributed by atoms with E-state index in [2.05, 4.69) is 26.1 Å². The lowest BCUT2D eigenvalue weighted by Gasteiger charge is -2.22. The lowest BCUT2D eigenvalue weighted by atomic mass is 9.95. The molecule has 1 saturated heterocycles. The van der Waals surface area contributed by atoms with Gasteiger partial charge in [-0.3, -0.25) is 14.5 Å². The van der Waals surface area contributed by atoms with E-state index in [0.717, 1.165) is 21.4 Å². The molecule has 0 aliphatic carbocycles. The summed E-state index contributed by atoms with van der Waals surface area (Å²) in [5, 5.41) is 19.0. The number of rotatable bonds is 3. The van der Waals surface area contributed by atoms with Gasteiger partial charge in [-0.05, 0) is 24.6 Å². The number of anilines is 1. The molecule has 0 radical (unpaired) electrons. The molecular formula is C20H14BrN3O3S. The molecule has 1 aliphatic rings. The van der Waals surface area contributed by atoms with E-state index >= 15 is 0 Å². The Labute approximate surface area is 173 Å². The standard InChI is InChI=1S/C20H14BrN3O3S/c1-11-5-7-12(8-6-11)17(25)15-16(13-3-2-4-14(21)9-13)24(19(27)18(15)26)20-23-22-10-28-20/h2-10,16,25H,1H3/b17-15+/t16-/m0/s1. The molecular weight excluding hydrogens is 442 g/mol. The van der Waals surface area contributed by atoms with Gasteiger partial charge in [0.15, 0.2) is 0 Å². The van der Waals surface area contributed by atoms with Crippen LogP contribution in [0.25, 0.3) is 5.76 Å². The first-order chi connectivity index (χ1) is 13.5. The van der Waals surface area contributed by atoms with Crippen LogP contribution < -0.4 is 4.90 Å². The van der Waals surface area contributed by atoms with Crippen LogP contribution in [0.15, 0.2) is 64.1 Å². The minimum atomic E-state index is -0.799. The Morgan fingerprint density at radius 3 is 2.57 bits per heavy atom. The lowest BCUT2D eigenvalue weighted by molar-refractivity contribution is -0.132. The Balaban J connectivity index is 1.95. The summed E-state index contributed by atoms with van der Waals surface area (Å²) >= 11 is 4.58. The van der Waals surface area contributed by atoms with E-state index in [1.807, 2.05) is 37.3 Å². The number of carbonyl (C=O) groups excluding carboxylic acids is 2. The molecule has 6 nitrogen and oxygen atoms in total. The average molecular weight is 456 g/mol. The highest BCUT2D eigenvalue weighted by molar-refractivity contribution is 9.10. The highest BCUT2D eigenvalue weighted by atomic mass is 79.9. The molecule has 1 aliphatic heterocycles. The number of hydrogen-bond donors (Lipinski definition) is 1. The van der Waals surface area contributed by atoms with Crippen molar-refractivity contribution >= 4 is 49.8 Å². The van der Waals surface area contributed by atoms with Crippen molar-refractivity contribution in [1.29, 1.82) is 0 Å². The van der Waals surface area contributed by atoms with Gasteiger partial charge >= 0.3 is 5.91 Å². The van der Waals surface area contributed by atoms with Gasteiger partial charge in [0.1, 0.15) is 11.3 Å². The molecule has 1 aromatic heterocycles. The predicted molar refractivity (Wildman–Crippen MR) is 110 cm³/mol. The molecule has 1 amide bonds. The van der Waals surface area contributed by atoms with Gasteiger partial charge in [0, 0.05) is 10.0 Å². The molecule has 28 heavy (non-hydrogen) atoms. The SMILES string of the molecule is Cc1ccc(/C(O)=C2\C(=O)C(=O)N(c3nncs3)[C@H]2c2cccc(Br)c2)cc1. The van der Waals surface area contributed by atoms with Crippen molar-refractivity contribution in [1.82, 2.24) is 10.2 Å². The molecule has 0 saturated carbocycles. The topological polar surface area (TPSA) is 83.4 Å². The zero-order chi connectivity index (χ0) is 19.8. The number of aliphatic hydroxyl groups excluding tert-OH is 1. The number of amides is 1. The summed E-state index contributed by atoms with van der Waals surface area (Å²) in [7, 11) is 0. The number of nitrogens with zero attached hydrogens (tertiary/aromatic N) is 3. The van der Waals surface area contributed by atoms with Crippen LogP contribution in [-0.2, 0) is 9.59 Å². The number of halogens is 1. The maximum atomic E-state index is 12.9. The van der Waals surface area contributed by atoms with Gasteiger partial charge in [-0.25, -0.2) is 0 Å². The normalized spacial score (nSPS) is 18.6. The number of ketones is 1. The van der Waals surface area contributed by atoms with E-state index in [9.17, 15) is 14.7 Å². The van der Waals surface area contributed by atoms with Crippen molar-refractivity contribution in [3.8, 4) is 0 Å². The minimum absolute atomic E-state index is 0.0298. The van der Waals surface area contributed by atoms with Gasteiger partial charge in [0.25, 0.3) is 5.78 Å². The average Bonchev–Trinajstić information content (AvgIpc) is 3.29. The number of aliphatic hydroxyl groups is 1. The monoisotopic (exact) mass is 455 g/mol. The third-order valence-corrected chi connectivity index (χ3v) is 5.67. The Morgan fingerprint density at radius 2 is 1.93 bits per heavy atom. The zero-order valence-corrected chi connectivity index (χ0v) is 17.1. The van der Waals surface area contributed by atoms with E-state index in [-0.39, 0.29) is 11.3 Å². The fraction of sp³-hybridized carbons (Fsp3) is 0.100. The molecule has 1 atom stereocenters. The van der Waals surface area contributed by atoms with Gasteiger partial charge < -0.3 is 5.11 Å². The Hall–Kier alpha value is -2.84. The van der Waals surface area contributed by atoms with Crippen LogP contribution in [0.4, 0.5) is 5.13 Å². The van der Waals surface area contributed by atoms with E-state index in [0.29, 0.717) is 16.3 Å². The van der Waals surface area contributed by atoms with E-state index in [4.69, 9.17) is 0 Å². The fourth-order valence-electron chi connectivity index (χ4n) is 3.16. The lowest BCUT2D eigenvalue weighted by Crippen LogP contribution is -2.29. The largest absolute Gasteiger partial charge is 0.507 e. The van der Waals surface area contributed by atoms with Crippen molar-refractivity contribution in [3.63, 3.8) is 0 Å². The van der Waals surface area contributed by atoms with E-state index in [1.54, 1.807) is 18.2 Å². The molecule has 140 valence electrons. The summed E-state index contributed by atoms with van der Waals surface area (Å²) in [5.41, 5.74) is 3.70. The first-order valence-electron chi connectivity index (χ1n) is 8.37. The number of aromatic nitrogens is 2. The van der Waals surface area contributed by atoms with E-state index in [1.165, 1.54) is 10.4 Å². The second kappa shape index (κ2) is 7.29. The van der Waals surface area contributed by atoms with Gasteiger partial charge in [-0.15, -0.1) is 10.2 Å². The third kappa shape index (κ3) is 3.14. The molecule has 2 heterocycles. The zero-order valence-electron chi connectivity index (χ0n) is 14.7. The van der Waals surface area contributed by atoms with Crippen LogP contribution in [0.5, 0.6) is 0 Å². The molecule has 0 spiro atoms. The molecule has 2 aromatic carbocycles. The minimum Gasteiger partial charge on any atom is -0.507 e. The van der Waals surface area contributed by atoms with Crippen LogP contribution in [0.2, 0.25) is 0 Å². The number of hydrogen-bond acceptors (Lipinski definition) is 6. The summed E-state index contributed by atoms with van der Waals surface area (Å²) in [5.74, 6) is -1.70. The first-order valence-corrected chi connectivity index (χ1v) is 10.0. The van der Waals surface area contributed by atoms with Gasteiger partial charge in [0.2, 0.25) is 5.13 Å². The van der Waals surface area contributed by atoms with Crippen LogP contribution in [0.3, 0.4) is 0 Å². The summed E-state index contributed by atoms with van der Waals surface area (Å²) in [6.07, 6.45) is 0. The molecule has 8 heteroatoms. The maximum Gasteiger partial charge on any atom is 0.301 e. The van der Waals surface area contributed by atoms with Gasteiger partial charge in [-0.2, -0.15) is 0 Å². The Kier molecular flexibility index (Phi) is 4.82. The van der Waals surface area contributed by atoms with Gasteiger partial charge in [0.05, 0.1) is 11.6 Å². The summed E-state index contributed by atoms with van der Waals surface area (Å²) in [4.78, 5) is 27.0. The third-order valence-electron chi connectivity index (χ3n) is 4.49. The number of carbonyl (C=O) groups is 2. The molecule has 3 aromatic rings. The van der Waals surface area contributed by atoms with Crippen LogP contribution in [0.1, 0.15) is 22.7 Å². The highest BCUT2D eigenvalue weighted by Crippen LogP contribution is 2.42. The maximum absolute atomic E-state index is 12.9. The summed E-state index contributed by atoms with van der Waals surface area (Å²) in [6.45, 7) is 1.93. The second-order valence-corrected chi connectivity index (χ2v) is 8.04. The van der Waals surface area contributed by atoms with Crippen molar-refractivity contribution in [3.05, 3.63) is 80.8 Å². The molecule has 0 unspecified atom stereocenters. The summed E-state index contributed by atoms with van der Waals surface area (Å²) in [6, 6.07) is 13.6. The predicted octanol–water partition coefficient (Wildman–Crippen LogP) is 4.24. The smallest absolute Gasteiger partial charge is 0.301 e. The molecule has 1 fully saturated rings. The number of benzene rings is 2. The highest BCUT2D eigenvalue weighted by Gasteiger charge is 2.48. The van der Waals surface area contributed by atoms with Crippen molar-refractivity contribution in [2.24, 2.45) is 0 Å². The summed E-state index contributed by atoms with van der Waals surface area (Å²) < 4.78 is 0.795. The van der Waals surface area contributed by atoms with Crippen LogP contribution in [-0.4, -0.2) is 27.0 Å². The van der Waals surface area contributed by atoms with Crippen LogP contribution >= 0.6 is 27.3 Å².